The SMILES string of the molecule is CC(=O)CCCCC[C@H](NC(=O)c1csc(-c2cccnc2)n1)c1ncc(-c2ccc3ccccc3c2)[nH]1. The van der Waals surface area contributed by atoms with E-state index in [4.69, 9.17) is 0 Å². The van der Waals surface area contributed by atoms with E-state index < -0.39 is 0 Å². The molecule has 0 saturated heterocycles. The summed E-state index contributed by atoms with van der Waals surface area (Å²) in [5.74, 6) is 0.665. The molecule has 5 aromatic rings. The maximum Gasteiger partial charge on any atom is 0.271 e. The van der Waals surface area contributed by atoms with Crippen molar-refractivity contribution in [3.05, 3.63) is 90.1 Å². The van der Waals surface area contributed by atoms with Gasteiger partial charge in [0.05, 0.1) is 17.9 Å². The Morgan fingerprint density at radius 1 is 0.974 bits per heavy atom. The van der Waals surface area contributed by atoms with Gasteiger partial charge in [0.25, 0.3) is 5.91 Å². The molecule has 1 amide bonds. The topological polar surface area (TPSA) is 101 Å². The lowest BCUT2D eigenvalue weighted by Gasteiger charge is -2.16. The number of pyridine rings is 1. The number of carbonyl (C=O) groups is 2. The molecule has 2 N–H and O–H groups in total. The van der Waals surface area contributed by atoms with E-state index in [1.165, 1.54) is 16.7 Å². The van der Waals surface area contributed by atoms with Crippen molar-refractivity contribution >= 4 is 33.8 Å². The Labute approximate surface area is 225 Å². The van der Waals surface area contributed by atoms with Gasteiger partial charge in [-0.15, -0.1) is 11.3 Å². The van der Waals surface area contributed by atoms with Crippen LogP contribution in [0.2, 0.25) is 0 Å². The van der Waals surface area contributed by atoms with E-state index in [0.29, 0.717) is 24.4 Å². The van der Waals surface area contributed by atoms with Crippen molar-refractivity contribution in [2.24, 2.45) is 0 Å². The first-order valence-electron chi connectivity index (χ1n) is 12.8. The van der Waals surface area contributed by atoms with Crippen molar-refractivity contribution in [3.8, 4) is 21.8 Å². The standard InChI is InChI=1S/C30H29N5O2S/c1-20(36)8-3-2-4-12-25(34-29(37)27-19-38-30(35-27)24-11-7-15-31-17-24)28-32-18-26(33-28)23-14-13-21-9-5-6-10-22(21)16-23/h5-7,9-11,13-19,25H,2-4,8,12H2,1H3,(H,32,33)(H,34,37)/t25-/m0/s1. The Hall–Kier alpha value is -4.17. The third kappa shape index (κ3) is 6.20. The molecule has 2 aromatic carbocycles. The molecular weight excluding hydrogens is 494 g/mol. The number of nitrogens with zero attached hydrogens (tertiary/aromatic N) is 3. The van der Waals surface area contributed by atoms with Crippen molar-refractivity contribution in [1.29, 1.82) is 0 Å². The van der Waals surface area contributed by atoms with E-state index in [1.807, 2.05) is 30.5 Å². The summed E-state index contributed by atoms with van der Waals surface area (Å²) in [6.45, 7) is 1.62. The summed E-state index contributed by atoms with van der Waals surface area (Å²) >= 11 is 1.42. The van der Waals surface area contributed by atoms with Crippen LogP contribution < -0.4 is 5.32 Å². The molecule has 0 saturated carbocycles. The fourth-order valence-electron chi connectivity index (χ4n) is 4.43. The summed E-state index contributed by atoms with van der Waals surface area (Å²) in [5, 5.41) is 7.99. The number of thiazole rings is 1. The number of Topliss-reactive ketones (excluding diaryl/α,β-unsaturated/α-hetero) is 1. The quantitative estimate of drug-likeness (QED) is 0.186. The van der Waals surface area contributed by atoms with Gasteiger partial charge in [0, 0.05) is 35.3 Å². The fourth-order valence-corrected chi connectivity index (χ4v) is 5.22. The molecule has 0 spiro atoms. The predicted molar refractivity (Wildman–Crippen MR) is 151 cm³/mol. The molecule has 0 fully saturated rings. The summed E-state index contributed by atoms with van der Waals surface area (Å²) in [6, 6.07) is 18.0. The molecule has 3 aromatic heterocycles. The van der Waals surface area contributed by atoms with Crippen molar-refractivity contribution in [2.45, 2.75) is 45.1 Å². The first-order chi connectivity index (χ1) is 18.6. The molecule has 5 rings (SSSR count). The second kappa shape index (κ2) is 11.9. The van der Waals surface area contributed by atoms with Crippen LogP contribution in [0.5, 0.6) is 0 Å². The minimum atomic E-state index is -0.308. The average molecular weight is 524 g/mol. The smallest absolute Gasteiger partial charge is 0.271 e. The van der Waals surface area contributed by atoms with Crippen molar-refractivity contribution in [3.63, 3.8) is 0 Å². The van der Waals surface area contributed by atoms with Crippen molar-refractivity contribution in [1.82, 2.24) is 25.3 Å². The number of carbonyl (C=O) groups excluding carboxylic acids is 2. The zero-order chi connectivity index (χ0) is 26.3. The Bertz CT molecular complexity index is 1540. The van der Waals surface area contributed by atoms with Gasteiger partial charge in [0.1, 0.15) is 22.3 Å². The molecular formula is C30H29N5O2S. The van der Waals surface area contributed by atoms with Gasteiger partial charge in [-0.25, -0.2) is 9.97 Å². The number of hydrogen-bond acceptors (Lipinski definition) is 6. The van der Waals surface area contributed by atoms with Gasteiger partial charge in [-0.3, -0.25) is 9.78 Å². The van der Waals surface area contributed by atoms with Gasteiger partial charge in [-0.2, -0.15) is 0 Å². The number of fused-ring (bicyclic) bond motifs is 1. The second-order valence-electron chi connectivity index (χ2n) is 9.35. The lowest BCUT2D eigenvalue weighted by Crippen LogP contribution is -2.29. The predicted octanol–water partition coefficient (Wildman–Crippen LogP) is 6.76. The number of benzene rings is 2. The van der Waals surface area contributed by atoms with Crippen LogP contribution >= 0.6 is 11.3 Å². The highest BCUT2D eigenvalue weighted by atomic mass is 32.1. The van der Waals surface area contributed by atoms with Crippen molar-refractivity contribution in [2.75, 3.05) is 0 Å². The van der Waals surface area contributed by atoms with Gasteiger partial charge < -0.3 is 15.1 Å². The second-order valence-corrected chi connectivity index (χ2v) is 10.2. The monoisotopic (exact) mass is 523 g/mol. The zero-order valence-corrected chi connectivity index (χ0v) is 22.0. The lowest BCUT2D eigenvalue weighted by molar-refractivity contribution is -0.117. The van der Waals surface area contributed by atoms with E-state index in [-0.39, 0.29) is 17.7 Å². The molecule has 8 heteroatoms. The third-order valence-corrected chi connectivity index (χ3v) is 7.35. The molecule has 0 aliphatic carbocycles. The molecule has 7 nitrogen and oxygen atoms in total. The van der Waals surface area contributed by atoms with Gasteiger partial charge in [0.15, 0.2) is 0 Å². The Morgan fingerprint density at radius 2 is 1.84 bits per heavy atom. The first-order valence-corrected chi connectivity index (χ1v) is 13.6. The molecule has 38 heavy (non-hydrogen) atoms. The van der Waals surface area contributed by atoms with Crippen LogP contribution in [-0.4, -0.2) is 31.6 Å². The average Bonchev–Trinajstić information content (AvgIpc) is 3.63. The lowest BCUT2D eigenvalue weighted by atomic mass is 10.0. The van der Waals surface area contributed by atoms with E-state index in [2.05, 4.69) is 55.6 Å². The largest absolute Gasteiger partial charge is 0.341 e. The molecule has 0 radical (unpaired) electrons. The van der Waals surface area contributed by atoms with E-state index >= 15 is 0 Å². The molecule has 0 unspecified atom stereocenters. The Morgan fingerprint density at radius 3 is 2.66 bits per heavy atom. The van der Waals surface area contributed by atoms with Crippen LogP contribution in [0.25, 0.3) is 32.6 Å². The number of rotatable bonds is 11. The van der Waals surface area contributed by atoms with Crippen LogP contribution in [0.3, 0.4) is 0 Å². The number of ketones is 1. The summed E-state index contributed by atoms with van der Waals surface area (Å²) in [6.07, 6.45) is 9.17. The number of unbranched alkanes of at least 4 members (excludes halogenated alkanes) is 2. The molecule has 192 valence electrons. The Balaban J connectivity index is 1.34. The summed E-state index contributed by atoms with van der Waals surface area (Å²) in [5.41, 5.74) is 3.19. The molecule has 0 aliphatic heterocycles. The van der Waals surface area contributed by atoms with E-state index in [1.54, 1.807) is 24.7 Å². The molecule has 0 aliphatic rings. The summed E-state index contributed by atoms with van der Waals surface area (Å²) in [4.78, 5) is 41.3. The number of aromatic nitrogens is 4. The highest BCUT2D eigenvalue weighted by Gasteiger charge is 2.21. The fraction of sp³-hybridized carbons (Fsp3) is 0.233. The van der Waals surface area contributed by atoms with Crippen LogP contribution in [0.4, 0.5) is 0 Å². The van der Waals surface area contributed by atoms with E-state index in [0.717, 1.165) is 46.5 Å². The van der Waals surface area contributed by atoms with Gasteiger partial charge in [-0.05, 0) is 48.7 Å². The van der Waals surface area contributed by atoms with Gasteiger partial charge >= 0.3 is 0 Å². The number of nitrogens with one attached hydrogen (secondary N) is 2. The minimum Gasteiger partial charge on any atom is -0.341 e. The normalized spacial score (nSPS) is 11.9. The first kappa shape index (κ1) is 25.5. The zero-order valence-electron chi connectivity index (χ0n) is 21.2. The number of aromatic amines is 1. The molecule has 0 bridgehead atoms. The van der Waals surface area contributed by atoms with Gasteiger partial charge in [0.2, 0.25) is 0 Å². The maximum atomic E-state index is 13.2. The van der Waals surface area contributed by atoms with Crippen LogP contribution in [-0.2, 0) is 4.79 Å². The number of amides is 1. The Kier molecular flexibility index (Phi) is 7.99. The van der Waals surface area contributed by atoms with E-state index in [9.17, 15) is 9.59 Å². The molecule has 1 atom stereocenters. The van der Waals surface area contributed by atoms with Gasteiger partial charge in [-0.1, -0.05) is 49.2 Å². The summed E-state index contributed by atoms with van der Waals surface area (Å²) < 4.78 is 0. The highest BCUT2D eigenvalue weighted by molar-refractivity contribution is 7.13. The minimum absolute atomic E-state index is 0.203. The summed E-state index contributed by atoms with van der Waals surface area (Å²) in [7, 11) is 0. The van der Waals surface area contributed by atoms with Crippen LogP contribution in [0, 0.1) is 0 Å². The third-order valence-electron chi connectivity index (χ3n) is 6.46. The highest BCUT2D eigenvalue weighted by Crippen LogP contribution is 2.27. The van der Waals surface area contributed by atoms with Crippen molar-refractivity contribution < 1.29 is 9.59 Å². The van der Waals surface area contributed by atoms with Crippen LogP contribution in [0.1, 0.15) is 61.4 Å². The van der Waals surface area contributed by atoms with Crippen LogP contribution in [0.15, 0.2) is 78.6 Å². The number of imidazole rings is 1. The number of hydrogen-bond donors (Lipinski definition) is 2. The molecule has 3 heterocycles. The maximum absolute atomic E-state index is 13.2. The number of H-pyrrole nitrogens is 1.